The molecule has 0 radical (unpaired) electrons. The van der Waals surface area contributed by atoms with E-state index in [2.05, 4.69) is 4.98 Å². The number of nitrogens with zero attached hydrogens (tertiary/aromatic N) is 1. The van der Waals surface area contributed by atoms with E-state index in [1.807, 2.05) is 0 Å². The molecule has 2 aromatic rings. The summed E-state index contributed by atoms with van der Waals surface area (Å²) in [6, 6.07) is 5.07. The van der Waals surface area contributed by atoms with Crippen molar-refractivity contribution in [3.8, 4) is 11.8 Å². The van der Waals surface area contributed by atoms with Crippen molar-refractivity contribution in [1.29, 1.82) is 0 Å². The number of halogens is 2. The zero-order valence-electron chi connectivity index (χ0n) is 6.91. The second-order valence-electron chi connectivity index (χ2n) is 2.45. The first kappa shape index (κ1) is 9.37. The van der Waals surface area contributed by atoms with Crippen LogP contribution in [0.3, 0.4) is 0 Å². The van der Waals surface area contributed by atoms with Crippen molar-refractivity contribution in [2.24, 2.45) is 0 Å². The molecule has 5 heteroatoms. The maximum atomic E-state index is 5.87. The minimum Gasteiger partial charge on any atom is -0.417 e. The Balaban J connectivity index is 2.33. The highest BCUT2D eigenvalue weighted by atomic mass is 35.5. The summed E-state index contributed by atoms with van der Waals surface area (Å²) >= 11 is 11.7. The van der Waals surface area contributed by atoms with Crippen molar-refractivity contribution in [3.63, 3.8) is 0 Å². The average Bonchev–Trinajstić information content (AvgIpc) is 2.64. The summed E-state index contributed by atoms with van der Waals surface area (Å²) < 4.78 is 10.1. The van der Waals surface area contributed by atoms with Gasteiger partial charge in [0.1, 0.15) is 6.26 Å². The molecule has 2 rings (SSSR count). The van der Waals surface area contributed by atoms with Crippen molar-refractivity contribution in [2.75, 3.05) is 0 Å². The zero-order valence-corrected chi connectivity index (χ0v) is 8.42. The quantitative estimate of drug-likeness (QED) is 0.787. The summed E-state index contributed by atoms with van der Waals surface area (Å²) in [6.07, 6.45) is 2.99. The third kappa shape index (κ3) is 1.84. The predicted octanol–water partition coefficient (Wildman–Crippen LogP) is 3.77. The van der Waals surface area contributed by atoms with Crippen LogP contribution in [0.2, 0.25) is 10.0 Å². The van der Waals surface area contributed by atoms with Gasteiger partial charge in [0.2, 0.25) is 0 Å². The van der Waals surface area contributed by atoms with E-state index in [9.17, 15) is 0 Å². The molecule has 0 bridgehead atoms. The van der Waals surface area contributed by atoms with Gasteiger partial charge in [0, 0.05) is 0 Å². The molecule has 0 aliphatic carbocycles. The van der Waals surface area contributed by atoms with Crippen molar-refractivity contribution < 1.29 is 9.15 Å². The van der Waals surface area contributed by atoms with Gasteiger partial charge in [-0.05, 0) is 12.1 Å². The highest BCUT2D eigenvalue weighted by Crippen LogP contribution is 2.35. The lowest BCUT2D eigenvalue weighted by Gasteiger charge is -2.04. The van der Waals surface area contributed by atoms with Crippen LogP contribution in [0, 0.1) is 0 Å². The van der Waals surface area contributed by atoms with Crippen LogP contribution in [-0.4, -0.2) is 4.98 Å². The van der Waals surface area contributed by atoms with Crippen LogP contribution >= 0.6 is 23.2 Å². The molecule has 0 unspecified atom stereocenters. The van der Waals surface area contributed by atoms with Crippen molar-refractivity contribution in [2.45, 2.75) is 0 Å². The molecule has 0 N–H and O–H groups in total. The second kappa shape index (κ2) is 3.90. The number of rotatable bonds is 2. The number of hydrogen-bond donors (Lipinski definition) is 0. The Hall–Kier alpha value is -1.19. The fourth-order valence-corrected chi connectivity index (χ4v) is 1.40. The average molecular weight is 230 g/mol. The molecule has 0 atom stereocenters. The van der Waals surface area contributed by atoms with Gasteiger partial charge in [-0.15, -0.1) is 0 Å². The third-order valence-electron chi connectivity index (χ3n) is 1.52. The van der Waals surface area contributed by atoms with Gasteiger partial charge in [-0.2, -0.15) is 4.98 Å². The van der Waals surface area contributed by atoms with E-state index in [1.54, 1.807) is 18.2 Å². The molecule has 0 saturated heterocycles. The summed E-state index contributed by atoms with van der Waals surface area (Å²) in [5.41, 5.74) is 0. The molecule has 0 fully saturated rings. The maximum absolute atomic E-state index is 5.87. The van der Waals surface area contributed by atoms with Crippen molar-refractivity contribution >= 4 is 23.2 Å². The SMILES string of the molecule is Clc1cccc(Cl)c1Oc1ncco1. The molecule has 1 heterocycles. The topological polar surface area (TPSA) is 35.3 Å². The molecule has 14 heavy (non-hydrogen) atoms. The minimum atomic E-state index is 0.111. The lowest BCUT2D eigenvalue weighted by Crippen LogP contribution is -1.85. The second-order valence-corrected chi connectivity index (χ2v) is 3.27. The Morgan fingerprint density at radius 3 is 2.50 bits per heavy atom. The van der Waals surface area contributed by atoms with Gasteiger partial charge in [-0.25, -0.2) is 0 Å². The van der Waals surface area contributed by atoms with E-state index in [0.29, 0.717) is 15.8 Å². The van der Waals surface area contributed by atoms with Crippen LogP contribution < -0.4 is 4.74 Å². The van der Waals surface area contributed by atoms with E-state index < -0.39 is 0 Å². The molecule has 0 spiro atoms. The van der Waals surface area contributed by atoms with Crippen LogP contribution in [0.4, 0.5) is 0 Å². The van der Waals surface area contributed by atoms with E-state index >= 15 is 0 Å². The molecule has 0 aliphatic heterocycles. The fourth-order valence-electron chi connectivity index (χ4n) is 0.928. The third-order valence-corrected chi connectivity index (χ3v) is 2.11. The first-order valence-corrected chi connectivity index (χ1v) is 4.54. The summed E-state index contributed by atoms with van der Waals surface area (Å²) in [5.74, 6) is 0.346. The summed E-state index contributed by atoms with van der Waals surface area (Å²) in [5, 5.41) is 0.825. The lowest BCUT2D eigenvalue weighted by atomic mass is 10.3. The highest BCUT2D eigenvalue weighted by Gasteiger charge is 2.09. The number of benzene rings is 1. The molecular formula is C9H5Cl2NO2. The summed E-state index contributed by atoms with van der Waals surface area (Å²) in [6.45, 7) is 0. The summed E-state index contributed by atoms with van der Waals surface area (Å²) in [4.78, 5) is 3.79. The van der Waals surface area contributed by atoms with Crippen LogP contribution in [-0.2, 0) is 0 Å². The Morgan fingerprint density at radius 2 is 1.93 bits per heavy atom. The van der Waals surface area contributed by atoms with E-state index in [-0.39, 0.29) is 6.08 Å². The zero-order chi connectivity index (χ0) is 9.97. The number of aromatic nitrogens is 1. The highest BCUT2D eigenvalue weighted by molar-refractivity contribution is 6.37. The maximum Gasteiger partial charge on any atom is 0.399 e. The van der Waals surface area contributed by atoms with Crippen LogP contribution in [0.5, 0.6) is 11.8 Å². The van der Waals surface area contributed by atoms with Gasteiger partial charge in [-0.3, -0.25) is 0 Å². The van der Waals surface area contributed by atoms with Gasteiger partial charge in [-0.1, -0.05) is 29.3 Å². The summed E-state index contributed by atoms with van der Waals surface area (Å²) in [7, 11) is 0. The van der Waals surface area contributed by atoms with Gasteiger partial charge in [0.25, 0.3) is 0 Å². The van der Waals surface area contributed by atoms with E-state index in [1.165, 1.54) is 12.5 Å². The van der Waals surface area contributed by atoms with Crippen molar-refractivity contribution in [1.82, 2.24) is 4.98 Å². The van der Waals surface area contributed by atoms with Gasteiger partial charge < -0.3 is 9.15 Å². The van der Waals surface area contributed by atoms with Gasteiger partial charge >= 0.3 is 6.08 Å². The van der Waals surface area contributed by atoms with Crippen LogP contribution in [0.1, 0.15) is 0 Å². The monoisotopic (exact) mass is 229 g/mol. The molecule has 72 valence electrons. The first-order valence-electron chi connectivity index (χ1n) is 3.79. The van der Waals surface area contributed by atoms with Crippen LogP contribution in [0.15, 0.2) is 35.1 Å². The molecule has 0 saturated carbocycles. The van der Waals surface area contributed by atoms with Gasteiger partial charge in [0.05, 0.1) is 16.2 Å². The van der Waals surface area contributed by atoms with Crippen LogP contribution in [0.25, 0.3) is 0 Å². The van der Waals surface area contributed by atoms with Crippen molar-refractivity contribution in [3.05, 3.63) is 40.7 Å². The Labute approximate surface area is 90.2 Å². The number of oxazole rings is 1. The number of hydrogen-bond acceptors (Lipinski definition) is 3. The first-order chi connectivity index (χ1) is 6.77. The van der Waals surface area contributed by atoms with Gasteiger partial charge in [0.15, 0.2) is 5.75 Å². The Morgan fingerprint density at radius 1 is 1.21 bits per heavy atom. The molecular weight excluding hydrogens is 225 g/mol. The van der Waals surface area contributed by atoms with E-state index in [0.717, 1.165) is 0 Å². The smallest absolute Gasteiger partial charge is 0.399 e. The molecule has 3 nitrogen and oxygen atoms in total. The predicted molar refractivity (Wildman–Crippen MR) is 53.0 cm³/mol. The fraction of sp³-hybridized carbons (Fsp3) is 0. The molecule has 0 amide bonds. The molecule has 0 aliphatic rings. The Bertz CT molecular complexity index is 408. The largest absolute Gasteiger partial charge is 0.417 e. The Kier molecular flexibility index (Phi) is 2.61. The standard InChI is InChI=1S/C9H5Cl2NO2/c10-6-2-1-3-7(11)8(6)14-9-12-4-5-13-9/h1-5H. The number of ether oxygens (including phenoxy) is 1. The molecule has 1 aromatic heterocycles. The van der Waals surface area contributed by atoms with E-state index in [4.69, 9.17) is 32.4 Å². The normalized spacial score (nSPS) is 10.1. The number of para-hydroxylation sites is 1. The molecule has 1 aromatic carbocycles. The minimum absolute atomic E-state index is 0.111. The lowest BCUT2D eigenvalue weighted by molar-refractivity contribution is 0.331.